The fourth-order valence-electron chi connectivity index (χ4n) is 1.85. The van der Waals surface area contributed by atoms with Crippen LogP contribution in [0.4, 0.5) is 5.69 Å². The monoisotopic (exact) mass is 208 g/mol. The number of anilines is 1. The number of rotatable bonds is 0. The molecule has 1 N–H and O–H groups in total. The zero-order valence-corrected chi connectivity index (χ0v) is 8.38. The van der Waals surface area contributed by atoms with Crippen LogP contribution in [-0.2, 0) is 0 Å². The van der Waals surface area contributed by atoms with E-state index in [0.29, 0.717) is 5.56 Å². The number of hydrogen-bond acceptors (Lipinski definition) is 3. The topological polar surface area (TPSA) is 53.6 Å². The van der Waals surface area contributed by atoms with Crippen LogP contribution in [0.3, 0.4) is 0 Å². The van der Waals surface area contributed by atoms with E-state index in [1.54, 1.807) is 23.1 Å². The number of nitriles is 1. The number of aromatic nitrogens is 2. The first-order valence-electron chi connectivity index (χ1n) is 4.90. The highest BCUT2D eigenvalue weighted by Crippen LogP contribution is 2.32. The molecule has 1 aliphatic heterocycles. The van der Waals surface area contributed by atoms with Gasteiger partial charge >= 0.3 is 0 Å². The zero-order chi connectivity index (χ0) is 11.0. The summed E-state index contributed by atoms with van der Waals surface area (Å²) in [4.78, 5) is 0. The second kappa shape index (κ2) is 3.24. The van der Waals surface area contributed by atoms with E-state index in [0.717, 1.165) is 16.9 Å². The Morgan fingerprint density at radius 2 is 2.25 bits per heavy atom. The first-order chi connectivity index (χ1) is 7.90. The molecule has 2 aromatic rings. The molecule has 4 nitrogen and oxygen atoms in total. The molecular weight excluding hydrogens is 200 g/mol. The van der Waals surface area contributed by atoms with Crippen molar-refractivity contribution in [1.82, 2.24) is 9.78 Å². The van der Waals surface area contributed by atoms with Crippen molar-refractivity contribution < 1.29 is 0 Å². The summed E-state index contributed by atoms with van der Waals surface area (Å²) in [5.74, 6) is 0. The molecule has 1 aliphatic rings. The molecule has 0 aliphatic carbocycles. The van der Waals surface area contributed by atoms with Crippen LogP contribution in [0.2, 0.25) is 0 Å². The molecule has 1 aromatic heterocycles. The smallest absolute Gasteiger partial charge is 0.101 e. The van der Waals surface area contributed by atoms with Gasteiger partial charge < -0.3 is 5.32 Å². The van der Waals surface area contributed by atoms with Gasteiger partial charge in [0.2, 0.25) is 0 Å². The van der Waals surface area contributed by atoms with Gasteiger partial charge in [-0.25, -0.2) is 4.68 Å². The molecule has 0 amide bonds. The molecule has 0 bridgehead atoms. The maximum atomic E-state index is 9.05. The number of nitrogens with zero attached hydrogens (tertiary/aromatic N) is 3. The third kappa shape index (κ3) is 1.12. The van der Waals surface area contributed by atoms with Gasteiger partial charge in [0.25, 0.3) is 0 Å². The van der Waals surface area contributed by atoms with Crippen molar-refractivity contribution in [3.8, 4) is 17.3 Å². The number of benzene rings is 1. The minimum atomic E-state index is 0.636. The SMILES string of the molecule is N#Cc1cccc2c1NC=Cn1nccc1-2. The second-order valence-electron chi connectivity index (χ2n) is 3.46. The van der Waals surface area contributed by atoms with E-state index in [1.165, 1.54) is 0 Å². The maximum absolute atomic E-state index is 9.05. The van der Waals surface area contributed by atoms with Crippen molar-refractivity contribution in [2.24, 2.45) is 0 Å². The van der Waals surface area contributed by atoms with E-state index in [9.17, 15) is 0 Å². The lowest BCUT2D eigenvalue weighted by molar-refractivity contribution is 0.944. The Morgan fingerprint density at radius 1 is 1.31 bits per heavy atom. The third-order valence-electron chi connectivity index (χ3n) is 2.57. The van der Waals surface area contributed by atoms with Crippen molar-refractivity contribution in [2.75, 3.05) is 5.32 Å². The summed E-state index contributed by atoms with van der Waals surface area (Å²) in [6.45, 7) is 0. The Kier molecular flexibility index (Phi) is 1.77. The van der Waals surface area contributed by atoms with Crippen LogP contribution in [0.1, 0.15) is 5.56 Å². The molecule has 3 rings (SSSR count). The van der Waals surface area contributed by atoms with Crippen LogP contribution in [0.5, 0.6) is 0 Å². The lowest BCUT2D eigenvalue weighted by Gasteiger charge is -2.07. The number of para-hydroxylation sites is 1. The van der Waals surface area contributed by atoms with E-state index in [1.807, 2.05) is 24.4 Å². The molecule has 4 heteroatoms. The lowest BCUT2D eigenvalue weighted by Crippen LogP contribution is -1.93. The van der Waals surface area contributed by atoms with Gasteiger partial charge in [0.05, 0.1) is 23.1 Å². The van der Waals surface area contributed by atoms with E-state index in [4.69, 9.17) is 5.26 Å². The van der Waals surface area contributed by atoms with Gasteiger partial charge in [-0.2, -0.15) is 10.4 Å². The Labute approximate surface area is 92.4 Å². The number of nitrogens with one attached hydrogen (secondary N) is 1. The highest BCUT2D eigenvalue weighted by atomic mass is 15.3. The van der Waals surface area contributed by atoms with Crippen molar-refractivity contribution in [2.45, 2.75) is 0 Å². The molecule has 0 radical (unpaired) electrons. The molecule has 1 aromatic carbocycles. The van der Waals surface area contributed by atoms with Gasteiger partial charge in [-0.3, -0.25) is 0 Å². The van der Waals surface area contributed by atoms with Gasteiger partial charge in [0.15, 0.2) is 0 Å². The predicted octanol–water partition coefficient (Wildman–Crippen LogP) is 2.28. The van der Waals surface area contributed by atoms with E-state index >= 15 is 0 Å². The number of fused-ring (bicyclic) bond motifs is 3. The first-order valence-corrected chi connectivity index (χ1v) is 4.90. The highest BCUT2D eigenvalue weighted by molar-refractivity contribution is 5.83. The van der Waals surface area contributed by atoms with E-state index in [-0.39, 0.29) is 0 Å². The fourth-order valence-corrected chi connectivity index (χ4v) is 1.85. The summed E-state index contributed by atoms with van der Waals surface area (Å²) in [5, 5.41) is 16.3. The van der Waals surface area contributed by atoms with Crippen molar-refractivity contribution in [3.05, 3.63) is 42.2 Å². The molecule has 16 heavy (non-hydrogen) atoms. The van der Waals surface area contributed by atoms with Gasteiger partial charge in [-0.15, -0.1) is 0 Å². The van der Waals surface area contributed by atoms with Crippen LogP contribution < -0.4 is 5.32 Å². The van der Waals surface area contributed by atoms with Crippen molar-refractivity contribution in [1.29, 1.82) is 5.26 Å². The first kappa shape index (κ1) is 8.74. The molecule has 0 fully saturated rings. The minimum Gasteiger partial charge on any atom is -0.359 e. The molecule has 76 valence electrons. The molecule has 0 unspecified atom stereocenters. The molecule has 0 spiro atoms. The van der Waals surface area contributed by atoms with E-state index in [2.05, 4.69) is 16.5 Å². The normalized spacial score (nSPS) is 11.9. The number of hydrogen-bond donors (Lipinski definition) is 1. The summed E-state index contributed by atoms with van der Waals surface area (Å²) < 4.78 is 1.78. The Bertz CT molecular complexity index is 616. The Balaban J connectivity index is 2.35. The Hall–Kier alpha value is -2.54. The summed E-state index contributed by atoms with van der Waals surface area (Å²) in [6.07, 6.45) is 5.35. The average Bonchev–Trinajstić information content (AvgIpc) is 2.71. The molecule has 0 atom stereocenters. The zero-order valence-electron chi connectivity index (χ0n) is 8.38. The van der Waals surface area contributed by atoms with Crippen molar-refractivity contribution in [3.63, 3.8) is 0 Å². The minimum absolute atomic E-state index is 0.636. The average molecular weight is 208 g/mol. The van der Waals surface area contributed by atoms with E-state index < -0.39 is 0 Å². The van der Waals surface area contributed by atoms with Crippen LogP contribution in [0, 0.1) is 11.3 Å². The van der Waals surface area contributed by atoms with Gasteiger partial charge in [0.1, 0.15) is 6.07 Å². The molecular formula is C12H8N4. The largest absolute Gasteiger partial charge is 0.359 e. The standard InChI is InChI=1S/C12H8N4/c13-8-9-2-1-3-10-11-4-5-15-16(11)7-6-14-12(9)10/h1-7,14H. The summed E-state index contributed by atoms with van der Waals surface area (Å²) in [6, 6.07) is 9.76. The Morgan fingerprint density at radius 3 is 3.12 bits per heavy atom. The predicted molar refractivity (Wildman–Crippen MR) is 61.3 cm³/mol. The maximum Gasteiger partial charge on any atom is 0.101 e. The third-order valence-corrected chi connectivity index (χ3v) is 2.57. The molecule has 0 saturated carbocycles. The highest BCUT2D eigenvalue weighted by Gasteiger charge is 2.14. The summed E-state index contributed by atoms with van der Waals surface area (Å²) in [7, 11) is 0. The van der Waals surface area contributed by atoms with Crippen LogP contribution in [-0.4, -0.2) is 9.78 Å². The van der Waals surface area contributed by atoms with Crippen LogP contribution in [0.25, 0.3) is 17.5 Å². The van der Waals surface area contributed by atoms with Gasteiger partial charge in [0, 0.05) is 18.0 Å². The fraction of sp³-hybridized carbons (Fsp3) is 0. The van der Waals surface area contributed by atoms with Crippen LogP contribution >= 0.6 is 0 Å². The molecule has 2 heterocycles. The van der Waals surface area contributed by atoms with Crippen LogP contribution in [0.15, 0.2) is 36.7 Å². The summed E-state index contributed by atoms with van der Waals surface area (Å²) >= 11 is 0. The second-order valence-corrected chi connectivity index (χ2v) is 3.46. The quantitative estimate of drug-likeness (QED) is 0.722. The van der Waals surface area contributed by atoms with Gasteiger partial charge in [-0.05, 0) is 12.1 Å². The lowest BCUT2D eigenvalue weighted by atomic mass is 10.1. The van der Waals surface area contributed by atoms with Crippen molar-refractivity contribution >= 4 is 11.9 Å². The molecule has 0 saturated heterocycles. The van der Waals surface area contributed by atoms with Gasteiger partial charge in [-0.1, -0.05) is 12.1 Å². The summed E-state index contributed by atoms with van der Waals surface area (Å²) in [5.41, 5.74) is 3.44.